The molecule has 0 aliphatic carbocycles. The second-order valence-electron chi connectivity index (χ2n) is 4.38. The van der Waals surface area contributed by atoms with Gasteiger partial charge in [-0.3, -0.25) is 0 Å². The SMILES string of the molecule is CC(O)CCCNCC(O)c1cc(Cl)ccc1Cl. The van der Waals surface area contributed by atoms with Crippen molar-refractivity contribution in [3.63, 3.8) is 0 Å². The molecular formula is C13H19Cl2NO2. The molecule has 0 saturated heterocycles. The van der Waals surface area contributed by atoms with Gasteiger partial charge in [0.25, 0.3) is 0 Å². The lowest BCUT2D eigenvalue weighted by Gasteiger charge is -2.14. The Hall–Kier alpha value is -0.320. The van der Waals surface area contributed by atoms with Crippen LogP contribution in [0.5, 0.6) is 0 Å². The number of hydrogen-bond acceptors (Lipinski definition) is 3. The van der Waals surface area contributed by atoms with Crippen molar-refractivity contribution < 1.29 is 10.2 Å². The first kappa shape index (κ1) is 15.7. The molecule has 0 radical (unpaired) electrons. The van der Waals surface area contributed by atoms with E-state index in [1.165, 1.54) is 0 Å². The van der Waals surface area contributed by atoms with Crippen LogP contribution in [0.1, 0.15) is 31.4 Å². The van der Waals surface area contributed by atoms with Crippen molar-refractivity contribution in [2.75, 3.05) is 13.1 Å². The Bertz CT molecular complexity index is 372. The Morgan fingerprint density at radius 1 is 1.28 bits per heavy atom. The van der Waals surface area contributed by atoms with E-state index in [1.807, 2.05) is 0 Å². The molecule has 1 aromatic carbocycles. The van der Waals surface area contributed by atoms with Crippen molar-refractivity contribution in [1.82, 2.24) is 5.32 Å². The molecule has 1 rings (SSSR count). The third-order valence-corrected chi connectivity index (χ3v) is 3.21. The highest BCUT2D eigenvalue weighted by atomic mass is 35.5. The van der Waals surface area contributed by atoms with E-state index in [1.54, 1.807) is 25.1 Å². The number of benzene rings is 1. The molecule has 5 heteroatoms. The Morgan fingerprint density at radius 2 is 2.00 bits per heavy atom. The molecule has 0 bridgehead atoms. The fraction of sp³-hybridized carbons (Fsp3) is 0.538. The molecule has 0 aliphatic rings. The quantitative estimate of drug-likeness (QED) is 0.677. The van der Waals surface area contributed by atoms with Crippen LogP contribution in [0.25, 0.3) is 0 Å². The van der Waals surface area contributed by atoms with Crippen molar-refractivity contribution in [1.29, 1.82) is 0 Å². The number of halogens is 2. The minimum Gasteiger partial charge on any atom is -0.393 e. The molecule has 0 aliphatic heterocycles. The average Bonchev–Trinajstić information content (AvgIpc) is 2.31. The zero-order chi connectivity index (χ0) is 13.5. The molecule has 102 valence electrons. The second-order valence-corrected chi connectivity index (χ2v) is 5.22. The first-order valence-corrected chi connectivity index (χ1v) is 6.78. The summed E-state index contributed by atoms with van der Waals surface area (Å²) in [6.45, 7) is 2.93. The lowest BCUT2D eigenvalue weighted by Crippen LogP contribution is -2.23. The molecule has 0 spiro atoms. The van der Waals surface area contributed by atoms with Crippen molar-refractivity contribution in [3.05, 3.63) is 33.8 Å². The van der Waals surface area contributed by atoms with E-state index in [9.17, 15) is 5.11 Å². The Balaban J connectivity index is 2.36. The zero-order valence-electron chi connectivity index (χ0n) is 10.4. The standard InChI is InChI=1S/C13H19Cl2NO2/c1-9(17)3-2-6-16-8-13(18)11-7-10(14)4-5-12(11)15/h4-5,7,9,13,16-18H,2-3,6,8H2,1H3. The maximum absolute atomic E-state index is 9.98. The van der Waals surface area contributed by atoms with Gasteiger partial charge >= 0.3 is 0 Å². The third-order valence-electron chi connectivity index (χ3n) is 2.63. The number of rotatable bonds is 7. The van der Waals surface area contributed by atoms with Gasteiger partial charge in [-0.15, -0.1) is 0 Å². The Morgan fingerprint density at radius 3 is 2.67 bits per heavy atom. The smallest absolute Gasteiger partial charge is 0.0929 e. The summed E-state index contributed by atoms with van der Waals surface area (Å²) in [6, 6.07) is 5.04. The normalized spacial score (nSPS) is 14.5. The molecule has 0 saturated carbocycles. The topological polar surface area (TPSA) is 52.5 Å². The van der Waals surface area contributed by atoms with E-state index in [0.29, 0.717) is 22.2 Å². The van der Waals surface area contributed by atoms with E-state index in [0.717, 1.165) is 19.4 Å². The molecule has 2 unspecified atom stereocenters. The summed E-state index contributed by atoms with van der Waals surface area (Å²) < 4.78 is 0. The number of aliphatic hydroxyl groups excluding tert-OH is 2. The summed E-state index contributed by atoms with van der Waals surface area (Å²) in [5, 5.41) is 23.3. The molecule has 0 fully saturated rings. The fourth-order valence-corrected chi connectivity index (χ4v) is 2.07. The predicted octanol–water partition coefficient (Wildman–Crippen LogP) is 2.78. The molecule has 3 nitrogen and oxygen atoms in total. The van der Waals surface area contributed by atoms with Gasteiger partial charge in [0.05, 0.1) is 12.2 Å². The van der Waals surface area contributed by atoms with Gasteiger partial charge in [0.1, 0.15) is 0 Å². The van der Waals surface area contributed by atoms with Crippen LogP contribution in [0.3, 0.4) is 0 Å². The van der Waals surface area contributed by atoms with E-state index >= 15 is 0 Å². The largest absolute Gasteiger partial charge is 0.393 e. The monoisotopic (exact) mass is 291 g/mol. The maximum atomic E-state index is 9.98. The zero-order valence-corrected chi connectivity index (χ0v) is 11.9. The van der Waals surface area contributed by atoms with Crippen molar-refractivity contribution in [3.8, 4) is 0 Å². The van der Waals surface area contributed by atoms with Gasteiger partial charge < -0.3 is 15.5 Å². The summed E-state index contributed by atoms with van der Waals surface area (Å²) >= 11 is 11.9. The van der Waals surface area contributed by atoms with E-state index < -0.39 is 6.10 Å². The highest BCUT2D eigenvalue weighted by molar-refractivity contribution is 6.33. The van der Waals surface area contributed by atoms with Crippen LogP contribution >= 0.6 is 23.2 Å². The summed E-state index contributed by atoms with van der Waals surface area (Å²) in [5.41, 5.74) is 0.632. The van der Waals surface area contributed by atoms with Crippen molar-refractivity contribution >= 4 is 23.2 Å². The van der Waals surface area contributed by atoms with E-state index in [-0.39, 0.29) is 6.10 Å². The summed E-state index contributed by atoms with van der Waals surface area (Å²) in [7, 11) is 0. The maximum Gasteiger partial charge on any atom is 0.0929 e. The Labute approximate surface area is 118 Å². The van der Waals surface area contributed by atoms with Crippen LogP contribution < -0.4 is 5.32 Å². The van der Waals surface area contributed by atoms with Gasteiger partial charge in [-0.2, -0.15) is 0 Å². The Kier molecular flexibility index (Phi) is 6.97. The molecule has 0 heterocycles. The number of aliphatic hydroxyl groups is 2. The van der Waals surface area contributed by atoms with Crippen LogP contribution in [0.15, 0.2) is 18.2 Å². The number of hydrogen-bond donors (Lipinski definition) is 3. The summed E-state index contributed by atoms with van der Waals surface area (Å²) in [6.07, 6.45) is 0.663. The first-order chi connectivity index (χ1) is 8.50. The van der Waals surface area contributed by atoms with Crippen LogP contribution in [0.2, 0.25) is 10.0 Å². The molecule has 18 heavy (non-hydrogen) atoms. The van der Waals surface area contributed by atoms with Gasteiger partial charge in [0.15, 0.2) is 0 Å². The second kappa shape index (κ2) is 7.97. The van der Waals surface area contributed by atoms with Crippen LogP contribution in [-0.2, 0) is 0 Å². The molecule has 3 N–H and O–H groups in total. The molecule has 1 aromatic rings. The summed E-state index contributed by atoms with van der Waals surface area (Å²) in [4.78, 5) is 0. The van der Waals surface area contributed by atoms with E-state index in [2.05, 4.69) is 5.32 Å². The third kappa shape index (κ3) is 5.55. The minimum absolute atomic E-state index is 0.279. The van der Waals surface area contributed by atoms with Gasteiger partial charge in [-0.25, -0.2) is 0 Å². The highest BCUT2D eigenvalue weighted by Gasteiger charge is 2.11. The number of nitrogens with one attached hydrogen (secondary N) is 1. The van der Waals surface area contributed by atoms with Crippen LogP contribution in [0, 0.1) is 0 Å². The fourth-order valence-electron chi connectivity index (χ4n) is 1.64. The van der Waals surface area contributed by atoms with E-state index in [4.69, 9.17) is 28.3 Å². The molecular weight excluding hydrogens is 273 g/mol. The predicted molar refractivity (Wildman–Crippen MR) is 75.2 cm³/mol. The lowest BCUT2D eigenvalue weighted by atomic mass is 10.1. The van der Waals surface area contributed by atoms with Crippen LogP contribution in [0.4, 0.5) is 0 Å². The highest BCUT2D eigenvalue weighted by Crippen LogP contribution is 2.25. The van der Waals surface area contributed by atoms with Gasteiger partial charge in [-0.1, -0.05) is 23.2 Å². The van der Waals surface area contributed by atoms with Crippen molar-refractivity contribution in [2.45, 2.75) is 32.0 Å². The van der Waals surface area contributed by atoms with Gasteiger partial charge in [0.2, 0.25) is 0 Å². The van der Waals surface area contributed by atoms with Gasteiger partial charge in [0, 0.05) is 22.2 Å². The summed E-state index contributed by atoms with van der Waals surface area (Å²) in [5.74, 6) is 0. The minimum atomic E-state index is -0.678. The first-order valence-electron chi connectivity index (χ1n) is 6.02. The average molecular weight is 292 g/mol. The van der Waals surface area contributed by atoms with Crippen LogP contribution in [-0.4, -0.2) is 29.4 Å². The van der Waals surface area contributed by atoms with Gasteiger partial charge in [-0.05, 0) is 44.5 Å². The molecule has 2 atom stereocenters. The van der Waals surface area contributed by atoms with Crippen molar-refractivity contribution in [2.24, 2.45) is 0 Å². The lowest BCUT2D eigenvalue weighted by molar-refractivity contribution is 0.169. The molecule has 0 amide bonds. The molecule has 0 aromatic heterocycles.